The van der Waals surface area contributed by atoms with E-state index in [2.05, 4.69) is 85.8 Å². The van der Waals surface area contributed by atoms with E-state index in [0.29, 0.717) is 0 Å². The molecule has 0 atom stereocenters. The Labute approximate surface area is 166 Å². The van der Waals surface area contributed by atoms with E-state index in [1.807, 2.05) is 17.4 Å². The van der Waals surface area contributed by atoms with Crippen LogP contribution in [0.5, 0.6) is 0 Å². The first-order valence-electron chi connectivity index (χ1n) is 9.49. The van der Waals surface area contributed by atoms with Gasteiger partial charge < -0.3 is 0 Å². The molecule has 132 valence electrons. The summed E-state index contributed by atoms with van der Waals surface area (Å²) in [5.74, 6) is 0. The maximum absolute atomic E-state index is 4.87. The Morgan fingerprint density at radius 3 is 2.43 bits per heavy atom. The highest BCUT2D eigenvalue weighted by Gasteiger charge is 2.12. The zero-order valence-electron chi connectivity index (χ0n) is 15.4. The van der Waals surface area contributed by atoms with Crippen molar-refractivity contribution in [3.8, 4) is 11.3 Å². The molecule has 6 aromatic rings. The van der Waals surface area contributed by atoms with Crippen LogP contribution in [0.3, 0.4) is 0 Å². The van der Waals surface area contributed by atoms with Crippen molar-refractivity contribution in [1.82, 2.24) is 4.98 Å². The molecule has 0 aliphatic rings. The van der Waals surface area contributed by atoms with Gasteiger partial charge in [-0.05, 0) is 47.5 Å². The van der Waals surface area contributed by atoms with Crippen molar-refractivity contribution in [2.45, 2.75) is 6.92 Å². The predicted octanol–water partition coefficient (Wildman–Crippen LogP) is 7.73. The molecule has 0 amide bonds. The van der Waals surface area contributed by atoms with E-state index < -0.39 is 0 Å². The lowest BCUT2D eigenvalue weighted by Crippen LogP contribution is -1.84. The molecular formula is C26H17NS. The van der Waals surface area contributed by atoms with Crippen LogP contribution in [0.15, 0.2) is 84.9 Å². The summed E-state index contributed by atoms with van der Waals surface area (Å²) in [6.07, 6.45) is 0. The normalized spacial score (nSPS) is 11.8. The molecule has 0 aliphatic heterocycles. The van der Waals surface area contributed by atoms with Gasteiger partial charge in [0.05, 0.1) is 11.2 Å². The first-order valence-corrected chi connectivity index (χ1v) is 10.3. The second-order valence-corrected chi connectivity index (χ2v) is 8.40. The van der Waals surface area contributed by atoms with Gasteiger partial charge in [-0.1, -0.05) is 60.7 Å². The molecule has 0 bridgehead atoms. The number of hydrogen-bond acceptors (Lipinski definition) is 2. The molecule has 2 heterocycles. The monoisotopic (exact) mass is 375 g/mol. The maximum Gasteiger partial charge on any atom is 0.0710 e. The molecule has 0 unspecified atom stereocenters. The molecule has 0 saturated carbocycles. The minimum atomic E-state index is 1.03. The summed E-state index contributed by atoms with van der Waals surface area (Å²) < 4.78 is 2.67. The Hall–Kier alpha value is -3.23. The van der Waals surface area contributed by atoms with Crippen LogP contribution < -0.4 is 0 Å². The third-order valence-electron chi connectivity index (χ3n) is 5.58. The average Bonchev–Trinajstić information content (AvgIpc) is 3.11. The van der Waals surface area contributed by atoms with Gasteiger partial charge in [0.1, 0.15) is 0 Å². The van der Waals surface area contributed by atoms with Crippen molar-refractivity contribution in [2.75, 3.05) is 0 Å². The standard InChI is InChI=1S/C26H17NS/c1-16-14-25-26(20-8-4-3-7-19(16)20)21-12-10-18(15-24(21)28-25)23-13-11-17-6-2-5-9-22(17)27-23/h2-15H,1H3. The highest BCUT2D eigenvalue weighted by Crippen LogP contribution is 2.41. The summed E-state index contributed by atoms with van der Waals surface area (Å²) >= 11 is 1.88. The molecule has 0 fully saturated rings. The first-order chi connectivity index (χ1) is 13.8. The molecule has 4 aromatic carbocycles. The van der Waals surface area contributed by atoms with E-state index in [4.69, 9.17) is 4.98 Å². The Morgan fingerprint density at radius 1 is 0.679 bits per heavy atom. The number of para-hydroxylation sites is 1. The van der Waals surface area contributed by atoms with Crippen molar-refractivity contribution in [3.05, 3.63) is 90.5 Å². The van der Waals surface area contributed by atoms with Crippen LogP contribution in [0.4, 0.5) is 0 Å². The molecule has 0 radical (unpaired) electrons. The van der Waals surface area contributed by atoms with Gasteiger partial charge in [0.25, 0.3) is 0 Å². The minimum Gasteiger partial charge on any atom is -0.248 e. The van der Waals surface area contributed by atoms with Crippen molar-refractivity contribution >= 4 is 53.2 Å². The molecule has 0 saturated heterocycles. The van der Waals surface area contributed by atoms with Crippen LogP contribution in [0.25, 0.3) is 53.1 Å². The van der Waals surface area contributed by atoms with Gasteiger partial charge in [-0.2, -0.15) is 0 Å². The summed E-state index contributed by atoms with van der Waals surface area (Å²) in [7, 11) is 0. The van der Waals surface area contributed by atoms with E-state index in [1.54, 1.807) is 0 Å². The summed E-state index contributed by atoms with van der Waals surface area (Å²) in [4.78, 5) is 4.87. The van der Waals surface area contributed by atoms with Crippen molar-refractivity contribution in [3.63, 3.8) is 0 Å². The molecule has 0 spiro atoms. The number of aromatic nitrogens is 1. The number of rotatable bonds is 1. The third-order valence-corrected chi connectivity index (χ3v) is 6.68. The highest BCUT2D eigenvalue weighted by molar-refractivity contribution is 7.26. The fraction of sp³-hybridized carbons (Fsp3) is 0.0385. The lowest BCUT2D eigenvalue weighted by atomic mass is 9.99. The van der Waals surface area contributed by atoms with Gasteiger partial charge in [-0.15, -0.1) is 11.3 Å². The quantitative estimate of drug-likeness (QED) is 0.286. The Morgan fingerprint density at radius 2 is 1.50 bits per heavy atom. The zero-order valence-corrected chi connectivity index (χ0v) is 16.3. The number of thiophene rings is 1. The van der Waals surface area contributed by atoms with Crippen LogP contribution >= 0.6 is 11.3 Å². The molecule has 2 aromatic heterocycles. The smallest absolute Gasteiger partial charge is 0.0710 e. The van der Waals surface area contributed by atoms with E-state index in [0.717, 1.165) is 11.2 Å². The Balaban J connectivity index is 1.62. The van der Waals surface area contributed by atoms with E-state index >= 15 is 0 Å². The summed E-state index contributed by atoms with van der Waals surface area (Å²) in [5.41, 5.74) is 4.58. The van der Waals surface area contributed by atoms with Crippen molar-refractivity contribution in [2.24, 2.45) is 0 Å². The van der Waals surface area contributed by atoms with Crippen LogP contribution in [-0.4, -0.2) is 4.98 Å². The van der Waals surface area contributed by atoms with Gasteiger partial charge in [0.2, 0.25) is 0 Å². The lowest BCUT2D eigenvalue weighted by Gasteiger charge is -2.05. The molecule has 0 aliphatic carbocycles. The van der Waals surface area contributed by atoms with Crippen LogP contribution in [0.1, 0.15) is 5.56 Å². The number of aryl methyl sites for hydroxylation is 1. The molecule has 28 heavy (non-hydrogen) atoms. The van der Waals surface area contributed by atoms with E-state index in [9.17, 15) is 0 Å². The van der Waals surface area contributed by atoms with E-state index in [1.165, 1.54) is 47.5 Å². The second-order valence-electron chi connectivity index (χ2n) is 7.31. The third kappa shape index (κ3) is 2.28. The number of benzene rings is 4. The number of pyridine rings is 1. The lowest BCUT2D eigenvalue weighted by molar-refractivity contribution is 1.40. The van der Waals surface area contributed by atoms with Gasteiger partial charge in [-0.25, -0.2) is 4.98 Å². The SMILES string of the molecule is Cc1cc2sc3cc(-c4ccc5ccccc5n4)ccc3c2c2ccccc12. The number of fused-ring (bicyclic) bond motifs is 6. The fourth-order valence-electron chi connectivity index (χ4n) is 4.20. The van der Waals surface area contributed by atoms with E-state index in [-0.39, 0.29) is 0 Å². The average molecular weight is 375 g/mol. The Kier molecular flexibility index (Phi) is 3.32. The molecule has 1 nitrogen and oxygen atoms in total. The summed E-state index contributed by atoms with van der Waals surface area (Å²) in [6, 6.07) is 30.4. The van der Waals surface area contributed by atoms with Gasteiger partial charge in [-0.3, -0.25) is 0 Å². The number of nitrogens with zero attached hydrogens (tertiary/aromatic N) is 1. The van der Waals surface area contributed by atoms with Gasteiger partial charge in [0, 0.05) is 31.1 Å². The van der Waals surface area contributed by atoms with Crippen LogP contribution in [-0.2, 0) is 0 Å². The Bertz CT molecular complexity index is 1520. The molecule has 6 rings (SSSR count). The van der Waals surface area contributed by atoms with Crippen molar-refractivity contribution in [1.29, 1.82) is 0 Å². The largest absolute Gasteiger partial charge is 0.248 e. The topological polar surface area (TPSA) is 12.9 Å². The predicted molar refractivity (Wildman–Crippen MR) is 122 cm³/mol. The first kappa shape index (κ1) is 15.8. The van der Waals surface area contributed by atoms with Crippen LogP contribution in [0.2, 0.25) is 0 Å². The minimum absolute atomic E-state index is 1.03. The molecular weight excluding hydrogens is 358 g/mol. The highest BCUT2D eigenvalue weighted by atomic mass is 32.1. The molecule has 2 heteroatoms. The molecule has 0 N–H and O–H groups in total. The fourth-order valence-corrected chi connectivity index (χ4v) is 5.46. The van der Waals surface area contributed by atoms with Gasteiger partial charge in [0.15, 0.2) is 0 Å². The maximum atomic E-state index is 4.87. The van der Waals surface area contributed by atoms with Crippen LogP contribution in [0, 0.1) is 6.92 Å². The van der Waals surface area contributed by atoms with Crippen molar-refractivity contribution < 1.29 is 0 Å². The number of hydrogen-bond donors (Lipinski definition) is 0. The zero-order chi connectivity index (χ0) is 18.7. The summed E-state index contributed by atoms with van der Waals surface area (Å²) in [5, 5.41) is 6.58. The summed E-state index contributed by atoms with van der Waals surface area (Å²) in [6.45, 7) is 2.20. The van der Waals surface area contributed by atoms with Gasteiger partial charge >= 0.3 is 0 Å². The second kappa shape index (κ2) is 5.88.